The van der Waals surface area contributed by atoms with E-state index in [4.69, 9.17) is 11.6 Å². The normalized spacial score (nSPS) is 14.2. The molecule has 1 aliphatic heterocycles. The molecule has 3 rings (SSSR count). The minimum absolute atomic E-state index is 0.0330. The third-order valence-electron chi connectivity index (χ3n) is 5.11. The molecule has 2 aromatic carbocycles. The number of rotatable bonds is 7. The zero-order chi connectivity index (χ0) is 21.9. The summed E-state index contributed by atoms with van der Waals surface area (Å²) in [6, 6.07) is 10.3. The first-order chi connectivity index (χ1) is 14.2. The van der Waals surface area contributed by atoms with Gasteiger partial charge in [-0.25, -0.2) is 12.7 Å². The van der Waals surface area contributed by atoms with Gasteiger partial charge in [0, 0.05) is 37.9 Å². The van der Waals surface area contributed by atoms with Gasteiger partial charge in [-0.3, -0.25) is 4.79 Å². The van der Waals surface area contributed by atoms with E-state index in [2.05, 4.69) is 15.5 Å². The van der Waals surface area contributed by atoms with Gasteiger partial charge in [0.05, 0.1) is 22.8 Å². The van der Waals surface area contributed by atoms with E-state index in [1.165, 1.54) is 26.2 Å². The Kier molecular flexibility index (Phi) is 6.90. The van der Waals surface area contributed by atoms with Crippen molar-refractivity contribution in [1.29, 1.82) is 0 Å². The Morgan fingerprint density at radius 2 is 1.80 bits per heavy atom. The van der Waals surface area contributed by atoms with Crippen molar-refractivity contribution >= 4 is 44.6 Å². The van der Waals surface area contributed by atoms with Crippen molar-refractivity contribution < 1.29 is 13.2 Å². The minimum atomic E-state index is -3.58. The topological polar surface area (TPSA) is 81.8 Å². The van der Waals surface area contributed by atoms with E-state index in [-0.39, 0.29) is 17.3 Å². The fourth-order valence-corrected chi connectivity index (χ4v) is 4.46. The summed E-state index contributed by atoms with van der Waals surface area (Å²) >= 11 is 6.16. The van der Waals surface area contributed by atoms with E-state index in [0.29, 0.717) is 10.7 Å². The highest BCUT2D eigenvalue weighted by Gasteiger charge is 2.19. The van der Waals surface area contributed by atoms with Crippen molar-refractivity contribution in [2.75, 3.05) is 49.3 Å². The Hall–Kier alpha value is -2.29. The molecule has 2 N–H and O–H groups in total. The number of aryl methyl sites for hydroxylation is 1. The van der Waals surface area contributed by atoms with Crippen LogP contribution in [0.3, 0.4) is 0 Å². The van der Waals surface area contributed by atoms with Gasteiger partial charge in [0.25, 0.3) is 0 Å². The Balaban J connectivity index is 1.72. The second-order valence-electron chi connectivity index (χ2n) is 7.52. The number of carbonyl (C=O) groups excluding carboxylic acids is 1. The van der Waals surface area contributed by atoms with E-state index in [0.717, 1.165) is 47.2 Å². The van der Waals surface area contributed by atoms with Crippen LogP contribution in [0.1, 0.15) is 18.4 Å². The Labute approximate surface area is 183 Å². The molecule has 1 saturated heterocycles. The third-order valence-corrected chi connectivity index (χ3v) is 7.15. The van der Waals surface area contributed by atoms with E-state index in [9.17, 15) is 13.2 Å². The molecule has 0 atom stereocenters. The molecule has 0 spiro atoms. The highest BCUT2D eigenvalue weighted by atomic mass is 35.5. The second-order valence-corrected chi connectivity index (χ2v) is 10.1. The zero-order valence-corrected chi connectivity index (χ0v) is 19.0. The predicted octanol–water partition coefficient (Wildman–Crippen LogP) is 3.55. The Morgan fingerprint density at radius 3 is 2.47 bits per heavy atom. The van der Waals surface area contributed by atoms with Crippen LogP contribution in [0.25, 0.3) is 0 Å². The molecule has 30 heavy (non-hydrogen) atoms. The smallest absolute Gasteiger partial charge is 0.243 e. The first-order valence-corrected chi connectivity index (χ1v) is 11.6. The summed E-state index contributed by atoms with van der Waals surface area (Å²) in [5, 5.41) is 6.57. The molecule has 0 unspecified atom stereocenters. The number of nitrogens with one attached hydrogen (secondary N) is 2. The Morgan fingerprint density at radius 1 is 1.10 bits per heavy atom. The molecule has 162 valence electrons. The van der Waals surface area contributed by atoms with Crippen molar-refractivity contribution in [3.63, 3.8) is 0 Å². The Bertz CT molecular complexity index is 1030. The van der Waals surface area contributed by atoms with E-state index in [1.807, 2.05) is 25.1 Å². The number of anilines is 3. The second kappa shape index (κ2) is 9.24. The SMILES string of the molecule is Cc1ccc(S(=O)(=O)N(C)C)cc1NC(=O)CNc1cc(Cl)ccc1N1CCCC1. The molecular formula is C21H27ClN4O3S. The van der Waals surface area contributed by atoms with Crippen molar-refractivity contribution in [3.8, 4) is 0 Å². The van der Waals surface area contributed by atoms with Crippen molar-refractivity contribution in [3.05, 3.63) is 47.0 Å². The van der Waals surface area contributed by atoms with Crippen LogP contribution >= 0.6 is 11.6 Å². The summed E-state index contributed by atoms with van der Waals surface area (Å²) in [7, 11) is -0.636. The molecule has 2 aromatic rings. The van der Waals surface area contributed by atoms with Gasteiger partial charge in [0.1, 0.15) is 0 Å². The van der Waals surface area contributed by atoms with Crippen LogP contribution in [0.15, 0.2) is 41.3 Å². The van der Waals surface area contributed by atoms with Crippen molar-refractivity contribution in [1.82, 2.24) is 4.31 Å². The maximum absolute atomic E-state index is 12.6. The largest absolute Gasteiger partial charge is 0.374 e. The van der Waals surface area contributed by atoms with Crippen LogP contribution in [0.2, 0.25) is 5.02 Å². The molecule has 0 aliphatic carbocycles. The van der Waals surface area contributed by atoms with E-state index < -0.39 is 10.0 Å². The van der Waals surface area contributed by atoms with E-state index >= 15 is 0 Å². The summed E-state index contributed by atoms with van der Waals surface area (Å²) in [5.74, 6) is -0.273. The van der Waals surface area contributed by atoms with Crippen LogP contribution < -0.4 is 15.5 Å². The lowest BCUT2D eigenvalue weighted by Gasteiger charge is -2.22. The lowest BCUT2D eigenvalue weighted by Crippen LogP contribution is -2.25. The molecule has 9 heteroatoms. The molecule has 0 saturated carbocycles. The van der Waals surface area contributed by atoms with Crippen LogP contribution in [0, 0.1) is 6.92 Å². The van der Waals surface area contributed by atoms with Gasteiger partial charge in [0.15, 0.2) is 0 Å². The molecule has 0 aromatic heterocycles. The molecule has 1 fully saturated rings. The third kappa shape index (κ3) is 5.06. The van der Waals surface area contributed by atoms with Gasteiger partial charge in [-0.1, -0.05) is 17.7 Å². The first-order valence-electron chi connectivity index (χ1n) is 9.80. The number of hydrogen-bond donors (Lipinski definition) is 2. The molecule has 1 aliphatic rings. The number of nitrogens with zero attached hydrogens (tertiary/aromatic N) is 2. The number of hydrogen-bond acceptors (Lipinski definition) is 5. The summed E-state index contributed by atoms with van der Waals surface area (Å²) in [4.78, 5) is 15.0. The standard InChI is InChI=1S/C21H27ClN4O3S/c1-15-6-8-17(30(28,29)25(2)3)13-18(15)24-21(27)14-23-19-12-16(22)7-9-20(19)26-10-4-5-11-26/h6-9,12-13,23H,4-5,10-11,14H2,1-3H3,(H,24,27). The van der Waals surface area contributed by atoms with Crippen LogP contribution in [-0.2, 0) is 14.8 Å². The van der Waals surface area contributed by atoms with Gasteiger partial charge >= 0.3 is 0 Å². The molecule has 7 nitrogen and oxygen atoms in total. The lowest BCUT2D eigenvalue weighted by atomic mass is 10.2. The monoisotopic (exact) mass is 450 g/mol. The van der Waals surface area contributed by atoms with Gasteiger partial charge in [0.2, 0.25) is 15.9 Å². The van der Waals surface area contributed by atoms with Gasteiger partial charge in [-0.2, -0.15) is 0 Å². The highest BCUT2D eigenvalue weighted by Crippen LogP contribution is 2.31. The van der Waals surface area contributed by atoms with Gasteiger partial charge in [-0.15, -0.1) is 0 Å². The fraction of sp³-hybridized carbons (Fsp3) is 0.381. The molecule has 0 bridgehead atoms. The fourth-order valence-electron chi connectivity index (χ4n) is 3.36. The number of sulfonamides is 1. The zero-order valence-electron chi connectivity index (χ0n) is 17.4. The molecule has 0 radical (unpaired) electrons. The average molecular weight is 451 g/mol. The molecule has 1 amide bonds. The quantitative estimate of drug-likeness (QED) is 0.674. The summed E-state index contributed by atoms with van der Waals surface area (Å²) in [5.41, 5.74) is 3.08. The number of carbonyl (C=O) groups is 1. The van der Waals surface area contributed by atoms with Crippen LogP contribution in [0.5, 0.6) is 0 Å². The summed E-state index contributed by atoms with van der Waals surface area (Å²) in [6.07, 6.45) is 2.29. The minimum Gasteiger partial charge on any atom is -0.374 e. The lowest BCUT2D eigenvalue weighted by molar-refractivity contribution is -0.114. The maximum atomic E-state index is 12.6. The van der Waals surface area contributed by atoms with Crippen LogP contribution in [-0.4, -0.2) is 52.4 Å². The number of halogens is 1. The molecular weight excluding hydrogens is 424 g/mol. The van der Waals surface area contributed by atoms with Crippen molar-refractivity contribution in [2.45, 2.75) is 24.7 Å². The summed E-state index contributed by atoms with van der Waals surface area (Å²) < 4.78 is 25.9. The average Bonchev–Trinajstić information content (AvgIpc) is 3.22. The van der Waals surface area contributed by atoms with Gasteiger partial charge < -0.3 is 15.5 Å². The van der Waals surface area contributed by atoms with Crippen molar-refractivity contribution in [2.24, 2.45) is 0 Å². The number of benzene rings is 2. The first kappa shape index (κ1) is 22.4. The van der Waals surface area contributed by atoms with Gasteiger partial charge in [-0.05, 0) is 55.7 Å². The highest BCUT2D eigenvalue weighted by molar-refractivity contribution is 7.89. The van der Waals surface area contributed by atoms with Crippen LogP contribution in [0.4, 0.5) is 17.1 Å². The summed E-state index contributed by atoms with van der Waals surface area (Å²) in [6.45, 7) is 3.81. The maximum Gasteiger partial charge on any atom is 0.243 e. The number of amides is 1. The molecule has 1 heterocycles. The predicted molar refractivity (Wildman–Crippen MR) is 122 cm³/mol. The van der Waals surface area contributed by atoms with E-state index in [1.54, 1.807) is 6.07 Å².